The maximum atomic E-state index is 12.1. The van der Waals surface area contributed by atoms with Gasteiger partial charge in [-0.2, -0.15) is 0 Å². The quantitative estimate of drug-likeness (QED) is 0.896. The van der Waals surface area contributed by atoms with Crippen molar-refractivity contribution in [3.8, 4) is 0 Å². The van der Waals surface area contributed by atoms with E-state index in [-0.39, 0.29) is 5.91 Å². The third-order valence-corrected chi connectivity index (χ3v) is 3.58. The molecule has 1 fully saturated rings. The highest BCUT2D eigenvalue weighted by Gasteiger charge is 2.26. The fourth-order valence-corrected chi connectivity index (χ4v) is 2.48. The Morgan fingerprint density at radius 3 is 2.60 bits per heavy atom. The number of nitrogens with zero attached hydrogens (tertiary/aromatic N) is 3. The van der Waals surface area contributed by atoms with Crippen molar-refractivity contribution in [1.29, 1.82) is 0 Å². The highest BCUT2D eigenvalue weighted by atomic mass is 16.3. The Morgan fingerprint density at radius 1 is 1.35 bits per heavy atom. The molecule has 2 rings (SSSR count). The second kappa shape index (κ2) is 6.70. The Hall–Kier alpha value is -1.62. The summed E-state index contributed by atoms with van der Waals surface area (Å²) in [5.74, 6) is 0.190. The van der Waals surface area contributed by atoms with Crippen molar-refractivity contribution in [2.45, 2.75) is 26.4 Å². The van der Waals surface area contributed by atoms with E-state index in [4.69, 9.17) is 0 Å². The molecule has 0 aliphatic carbocycles. The first kappa shape index (κ1) is 14.8. The van der Waals surface area contributed by atoms with E-state index >= 15 is 0 Å². The molecule has 0 spiro atoms. The van der Waals surface area contributed by atoms with Crippen molar-refractivity contribution in [3.63, 3.8) is 0 Å². The van der Waals surface area contributed by atoms with E-state index in [1.165, 1.54) is 0 Å². The van der Waals surface area contributed by atoms with Crippen LogP contribution < -0.4 is 4.90 Å². The van der Waals surface area contributed by atoms with E-state index in [9.17, 15) is 9.90 Å². The summed E-state index contributed by atoms with van der Waals surface area (Å²) in [6.07, 6.45) is 3.26. The zero-order chi connectivity index (χ0) is 14.5. The van der Waals surface area contributed by atoms with Crippen molar-refractivity contribution >= 4 is 11.6 Å². The van der Waals surface area contributed by atoms with Gasteiger partial charge < -0.3 is 14.9 Å². The van der Waals surface area contributed by atoms with E-state index in [1.807, 2.05) is 32.2 Å². The van der Waals surface area contributed by atoms with Crippen LogP contribution in [0.2, 0.25) is 0 Å². The van der Waals surface area contributed by atoms with E-state index in [0.29, 0.717) is 25.4 Å². The molecule has 1 saturated heterocycles. The van der Waals surface area contributed by atoms with Crippen LogP contribution in [0, 0.1) is 5.92 Å². The van der Waals surface area contributed by atoms with Crippen LogP contribution in [0.1, 0.15) is 20.3 Å². The number of anilines is 1. The summed E-state index contributed by atoms with van der Waals surface area (Å²) in [7, 11) is 0. The highest BCUT2D eigenvalue weighted by Crippen LogP contribution is 2.15. The average molecular weight is 277 g/mol. The second-order valence-corrected chi connectivity index (χ2v) is 5.67. The van der Waals surface area contributed by atoms with Crippen molar-refractivity contribution in [2.24, 2.45) is 5.92 Å². The zero-order valence-electron chi connectivity index (χ0n) is 12.2. The summed E-state index contributed by atoms with van der Waals surface area (Å²) >= 11 is 0. The van der Waals surface area contributed by atoms with E-state index in [2.05, 4.69) is 9.88 Å². The Morgan fingerprint density at radius 2 is 2.05 bits per heavy atom. The maximum Gasteiger partial charge on any atom is 0.251 e. The normalized spacial score (nSPS) is 17.4. The number of pyridine rings is 1. The fourth-order valence-electron chi connectivity index (χ4n) is 2.48. The SMILES string of the molecule is CC(C)CC(O)C(=O)N1CCN(c2cccnc2)CC1. The fraction of sp³-hybridized carbons (Fsp3) is 0.600. The van der Waals surface area contributed by atoms with Gasteiger partial charge in [-0.05, 0) is 24.5 Å². The van der Waals surface area contributed by atoms with Crippen LogP contribution in [0.15, 0.2) is 24.5 Å². The average Bonchev–Trinajstić information content (AvgIpc) is 2.47. The van der Waals surface area contributed by atoms with Crippen molar-refractivity contribution < 1.29 is 9.90 Å². The topological polar surface area (TPSA) is 56.7 Å². The van der Waals surface area contributed by atoms with Crippen LogP contribution in [0.3, 0.4) is 0 Å². The summed E-state index contributed by atoms with van der Waals surface area (Å²) in [6, 6.07) is 3.94. The third-order valence-electron chi connectivity index (χ3n) is 3.58. The number of aromatic nitrogens is 1. The smallest absolute Gasteiger partial charge is 0.251 e. The van der Waals surface area contributed by atoms with Crippen LogP contribution >= 0.6 is 0 Å². The molecule has 1 aromatic heterocycles. The maximum absolute atomic E-state index is 12.1. The molecule has 1 aromatic rings. The third kappa shape index (κ3) is 3.70. The minimum Gasteiger partial charge on any atom is -0.383 e. The summed E-state index contributed by atoms with van der Waals surface area (Å²) < 4.78 is 0. The van der Waals surface area contributed by atoms with Gasteiger partial charge in [0, 0.05) is 32.4 Å². The van der Waals surface area contributed by atoms with Gasteiger partial charge in [-0.15, -0.1) is 0 Å². The van der Waals surface area contributed by atoms with Crippen LogP contribution in [-0.4, -0.2) is 53.2 Å². The number of rotatable bonds is 4. The summed E-state index contributed by atoms with van der Waals surface area (Å²) in [4.78, 5) is 20.2. The predicted octanol–water partition coefficient (Wildman–Crippen LogP) is 1.14. The largest absolute Gasteiger partial charge is 0.383 e. The lowest BCUT2D eigenvalue weighted by molar-refractivity contribution is -0.141. The standard InChI is InChI=1S/C15H23N3O2/c1-12(2)10-14(19)15(20)18-8-6-17(7-9-18)13-4-3-5-16-11-13/h3-5,11-12,14,19H,6-10H2,1-2H3. The number of hydrogen-bond acceptors (Lipinski definition) is 4. The van der Waals surface area contributed by atoms with Gasteiger partial charge in [0.1, 0.15) is 6.10 Å². The van der Waals surface area contributed by atoms with Gasteiger partial charge in [-0.25, -0.2) is 0 Å². The number of aliphatic hydroxyl groups excluding tert-OH is 1. The summed E-state index contributed by atoms with van der Waals surface area (Å²) in [5.41, 5.74) is 1.09. The minimum atomic E-state index is -0.861. The molecule has 5 nitrogen and oxygen atoms in total. The molecule has 1 aliphatic heterocycles. The molecule has 0 aromatic carbocycles. The molecule has 110 valence electrons. The first-order valence-corrected chi connectivity index (χ1v) is 7.19. The number of aliphatic hydroxyl groups is 1. The lowest BCUT2D eigenvalue weighted by Gasteiger charge is -2.36. The molecule has 0 saturated carbocycles. The van der Waals surface area contributed by atoms with Crippen LogP contribution in [0.25, 0.3) is 0 Å². The molecular weight excluding hydrogens is 254 g/mol. The van der Waals surface area contributed by atoms with Crippen LogP contribution in [0.4, 0.5) is 5.69 Å². The minimum absolute atomic E-state index is 0.135. The van der Waals surface area contributed by atoms with Crippen LogP contribution in [-0.2, 0) is 4.79 Å². The molecule has 1 atom stereocenters. The molecule has 0 radical (unpaired) electrons. The molecule has 1 unspecified atom stereocenters. The van der Waals surface area contributed by atoms with Gasteiger partial charge in [0.05, 0.1) is 11.9 Å². The first-order valence-electron chi connectivity index (χ1n) is 7.19. The van der Waals surface area contributed by atoms with Gasteiger partial charge in [0.15, 0.2) is 0 Å². The lowest BCUT2D eigenvalue weighted by Crippen LogP contribution is -2.51. The first-order chi connectivity index (χ1) is 9.58. The zero-order valence-corrected chi connectivity index (χ0v) is 12.2. The monoisotopic (exact) mass is 277 g/mol. The lowest BCUT2D eigenvalue weighted by atomic mass is 10.0. The summed E-state index contributed by atoms with van der Waals surface area (Å²) in [5, 5.41) is 9.91. The van der Waals surface area contributed by atoms with E-state index in [1.54, 1.807) is 11.1 Å². The van der Waals surface area contributed by atoms with Gasteiger partial charge in [0.25, 0.3) is 5.91 Å². The van der Waals surface area contributed by atoms with Gasteiger partial charge in [0.2, 0.25) is 0 Å². The second-order valence-electron chi connectivity index (χ2n) is 5.67. The number of hydrogen-bond donors (Lipinski definition) is 1. The molecule has 0 bridgehead atoms. The Bertz CT molecular complexity index is 428. The van der Waals surface area contributed by atoms with E-state index < -0.39 is 6.10 Å². The molecule has 5 heteroatoms. The van der Waals surface area contributed by atoms with Gasteiger partial charge >= 0.3 is 0 Å². The van der Waals surface area contributed by atoms with Crippen molar-refractivity contribution in [2.75, 3.05) is 31.1 Å². The molecule has 2 heterocycles. The van der Waals surface area contributed by atoms with Gasteiger partial charge in [-0.3, -0.25) is 9.78 Å². The van der Waals surface area contributed by atoms with Crippen LogP contribution in [0.5, 0.6) is 0 Å². The molecule has 1 amide bonds. The molecule has 1 N–H and O–H groups in total. The number of carbonyl (C=O) groups excluding carboxylic acids is 1. The molecule has 1 aliphatic rings. The number of carbonyl (C=O) groups is 1. The van der Waals surface area contributed by atoms with Crippen molar-refractivity contribution in [1.82, 2.24) is 9.88 Å². The Kier molecular flexibility index (Phi) is 4.95. The van der Waals surface area contributed by atoms with E-state index in [0.717, 1.165) is 18.8 Å². The van der Waals surface area contributed by atoms with Crippen molar-refractivity contribution in [3.05, 3.63) is 24.5 Å². The van der Waals surface area contributed by atoms with Gasteiger partial charge in [-0.1, -0.05) is 13.8 Å². The number of piperazine rings is 1. The summed E-state index contributed by atoms with van der Waals surface area (Å²) in [6.45, 7) is 6.90. The predicted molar refractivity (Wildman–Crippen MR) is 78.5 cm³/mol. The Balaban J connectivity index is 1.86. The molecule has 20 heavy (non-hydrogen) atoms. The molecular formula is C15H23N3O2. The highest BCUT2D eigenvalue weighted by molar-refractivity contribution is 5.81. The Labute approximate surface area is 120 Å². The number of amides is 1.